The summed E-state index contributed by atoms with van der Waals surface area (Å²) in [5, 5.41) is 0. The topological polar surface area (TPSA) is 0 Å². The number of hydrogen-bond acceptors (Lipinski definition) is 0. The average molecular weight is 207 g/mol. The molecule has 0 saturated carbocycles. The van der Waals surface area contributed by atoms with Crippen molar-refractivity contribution >= 4 is 17.4 Å². The maximum atomic E-state index is 0. The molecule has 0 saturated heterocycles. The summed E-state index contributed by atoms with van der Waals surface area (Å²) in [7, 11) is 0. The van der Waals surface area contributed by atoms with Gasteiger partial charge in [-0.25, -0.2) is 0 Å². The smallest absolute Gasteiger partial charge is 0 e. The quantitative estimate of drug-likeness (QED) is 0.474. The maximum Gasteiger partial charge on any atom is 0 e. The SMILES string of the molecule is [Al].[Fe].[Ni].[Zn]. The van der Waals surface area contributed by atoms with Crippen molar-refractivity contribution in [3.63, 3.8) is 0 Å². The molecule has 0 rings (SSSR count). The predicted molar refractivity (Wildman–Crippen MR) is 5.75 cm³/mol. The van der Waals surface area contributed by atoms with E-state index in [1.807, 2.05) is 0 Å². The van der Waals surface area contributed by atoms with E-state index in [2.05, 4.69) is 0 Å². The molecule has 0 aliphatic heterocycles. The Morgan fingerprint density at radius 3 is 1.00 bits per heavy atom. The minimum absolute atomic E-state index is 0. The summed E-state index contributed by atoms with van der Waals surface area (Å²) in [5.41, 5.74) is 0. The van der Waals surface area contributed by atoms with Crippen molar-refractivity contribution in [2.75, 3.05) is 0 Å². The molecule has 0 amide bonds. The van der Waals surface area contributed by atoms with E-state index < -0.39 is 0 Å². The first-order chi connectivity index (χ1) is 0. The Morgan fingerprint density at radius 2 is 1.00 bits per heavy atom. The van der Waals surface area contributed by atoms with Crippen LogP contribution in [0.4, 0.5) is 0 Å². The molecule has 4 heteroatoms. The van der Waals surface area contributed by atoms with Crippen molar-refractivity contribution in [3.8, 4) is 0 Å². The third kappa shape index (κ3) is 8.90. The van der Waals surface area contributed by atoms with Crippen molar-refractivity contribution < 1.29 is 53.0 Å². The van der Waals surface area contributed by atoms with Gasteiger partial charge in [0.15, 0.2) is 0 Å². The van der Waals surface area contributed by atoms with E-state index in [0.29, 0.717) is 0 Å². The number of rotatable bonds is 0. The van der Waals surface area contributed by atoms with Gasteiger partial charge in [0, 0.05) is 70.4 Å². The number of hydrogen-bond donors (Lipinski definition) is 0. The second-order valence-corrected chi connectivity index (χ2v) is 0. The largest absolute Gasteiger partial charge is 0 e. The standard InChI is InChI=1S/Al.Fe.Ni.Zn. The molecule has 0 heterocycles. The summed E-state index contributed by atoms with van der Waals surface area (Å²) in [6, 6.07) is 0. The van der Waals surface area contributed by atoms with Gasteiger partial charge in [0.1, 0.15) is 0 Å². The van der Waals surface area contributed by atoms with Crippen LogP contribution >= 0.6 is 0 Å². The third-order valence-corrected chi connectivity index (χ3v) is 0. The monoisotopic (exact) mass is 205 g/mol. The normalized spacial score (nSPS) is 0. The van der Waals surface area contributed by atoms with Crippen LogP contribution in [0.5, 0.6) is 0 Å². The van der Waals surface area contributed by atoms with Crippen molar-refractivity contribution in [3.05, 3.63) is 0 Å². The summed E-state index contributed by atoms with van der Waals surface area (Å²) >= 11 is 0. The molecule has 0 spiro atoms. The minimum Gasteiger partial charge on any atom is 0 e. The molecule has 0 atom stereocenters. The van der Waals surface area contributed by atoms with Gasteiger partial charge in [-0.3, -0.25) is 0 Å². The Labute approximate surface area is 69.8 Å². The summed E-state index contributed by atoms with van der Waals surface area (Å²) in [5.74, 6) is 0. The third-order valence-electron chi connectivity index (χ3n) is 0. The van der Waals surface area contributed by atoms with Crippen molar-refractivity contribution in [2.45, 2.75) is 0 Å². The molecule has 0 nitrogen and oxygen atoms in total. The Hall–Kier alpha value is 2.17. The molecule has 0 aromatic carbocycles. The van der Waals surface area contributed by atoms with Crippen molar-refractivity contribution in [1.29, 1.82) is 0 Å². The molecule has 4 heavy (non-hydrogen) atoms. The molecule has 0 aromatic heterocycles. The van der Waals surface area contributed by atoms with Crippen LogP contribution in [0.15, 0.2) is 0 Å². The van der Waals surface area contributed by atoms with E-state index in [9.17, 15) is 0 Å². The second kappa shape index (κ2) is 19.1. The molecule has 0 N–H and O–H groups in total. The fraction of sp³-hybridized carbons (Fsp3) is 0. The molecule has 23 valence electrons. The van der Waals surface area contributed by atoms with E-state index in [0.717, 1.165) is 0 Å². The first kappa shape index (κ1) is 35.0. The predicted octanol–water partition coefficient (Wildman–Crippen LogP) is -0.388. The molecule has 0 fully saturated rings. The Balaban J connectivity index is 0. The Bertz CT molecular complexity index is 8.00. The van der Waals surface area contributed by atoms with Crippen LogP contribution in [0.1, 0.15) is 0 Å². The molecule has 0 bridgehead atoms. The first-order valence-electron chi connectivity index (χ1n) is 0. The fourth-order valence-corrected chi connectivity index (χ4v) is 0. The zero-order chi connectivity index (χ0) is 0. The second-order valence-electron chi connectivity index (χ2n) is 0. The summed E-state index contributed by atoms with van der Waals surface area (Å²) < 4.78 is 0. The van der Waals surface area contributed by atoms with Gasteiger partial charge in [-0.15, -0.1) is 0 Å². The molecule has 3 radical (unpaired) electrons. The van der Waals surface area contributed by atoms with Crippen LogP contribution in [0, 0.1) is 0 Å². The Kier molecular flexibility index (Phi) is 167. The fourth-order valence-electron chi connectivity index (χ4n) is 0. The van der Waals surface area contributed by atoms with Crippen LogP contribution in [-0.4, -0.2) is 17.4 Å². The molecule has 0 unspecified atom stereocenters. The van der Waals surface area contributed by atoms with Crippen LogP contribution in [0.2, 0.25) is 0 Å². The van der Waals surface area contributed by atoms with Gasteiger partial charge in [-0.1, -0.05) is 0 Å². The van der Waals surface area contributed by atoms with Crippen molar-refractivity contribution in [2.24, 2.45) is 0 Å². The molecule has 0 aliphatic carbocycles. The van der Waals surface area contributed by atoms with Gasteiger partial charge >= 0.3 is 0 Å². The van der Waals surface area contributed by atoms with Gasteiger partial charge in [-0.2, -0.15) is 0 Å². The zero-order valence-electron chi connectivity index (χ0n) is 1.95. The average Bonchev–Trinajstić information content (AvgIpc) is 0. The van der Waals surface area contributed by atoms with Gasteiger partial charge in [0.2, 0.25) is 0 Å². The van der Waals surface area contributed by atoms with Crippen LogP contribution < -0.4 is 0 Å². The summed E-state index contributed by atoms with van der Waals surface area (Å²) in [6.07, 6.45) is 0. The zero-order valence-corrected chi connectivity index (χ0v) is 8.17. The van der Waals surface area contributed by atoms with Crippen molar-refractivity contribution in [1.82, 2.24) is 0 Å². The molecule has 0 aliphatic rings. The molecular weight excluding hydrogens is 207 g/mol. The van der Waals surface area contributed by atoms with E-state index in [4.69, 9.17) is 0 Å². The minimum atomic E-state index is 0. The first-order valence-corrected chi connectivity index (χ1v) is 0. The van der Waals surface area contributed by atoms with Gasteiger partial charge in [0.05, 0.1) is 0 Å². The van der Waals surface area contributed by atoms with Gasteiger partial charge < -0.3 is 0 Å². The van der Waals surface area contributed by atoms with E-state index in [1.54, 1.807) is 0 Å². The van der Waals surface area contributed by atoms with Crippen LogP contribution in [0.25, 0.3) is 0 Å². The summed E-state index contributed by atoms with van der Waals surface area (Å²) in [6.45, 7) is 0. The Morgan fingerprint density at radius 1 is 1.00 bits per heavy atom. The van der Waals surface area contributed by atoms with Crippen LogP contribution in [0.3, 0.4) is 0 Å². The van der Waals surface area contributed by atoms with Gasteiger partial charge in [-0.05, 0) is 0 Å². The van der Waals surface area contributed by atoms with Gasteiger partial charge in [0.25, 0.3) is 0 Å². The maximum absolute atomic E-state index is 0. The van der Waals surface area contributed by atoms with Crippen LogP contribution in [-0.2, 0) is 53.0 Å². The summed E-state index contributed by atoms with van der Waals surface area (Å²) in [4.78, 5) is 0. The molecule has 0 aromatic rings. The van der Waals surface area contributed by atoms with E-state index in [-0.39, 0.29) is 70.4 Å². The van der Waals surface area contributed by atoms with E-state index in [1.165, 1.54) is 0 Å². The van der Waals surface area contributed by atoms with E-state index >= 15 is 0 Å². The molecular formula is AlFeNiZn.